The van der Waals surface area contributed by atoms with Crippen molar-refractivity contribution in [2.24, 2.45) is 0 Å². The molecule has 2 N–H and O–H groups in total. The largest absolute Gasteiger partial charge is 0.382 e. The zero-order valence-electron chi connectivity index (χ0n) is 10.4. The van der Waals surface area contributed by atoms with E-state index in [0.717, 1.165) is 0 Å². The maximum Gasteiger partial charge on any atom is 0.145 e. The van der Waals surface area contributed by atoms with Crippen LogP contribution in [0.2, 0.25) is 0 Å². The van der Waals surface area contributed by atoms with Crippen LogP contribution in [0, 0.1) is 5.82 Å². The summed E-state index contributed by atoms with van der Waals surface area (Å²) in [6, 6.07) is 5.38. The lowest BCUT2D eigenvalue weighted by Gasteiger charge is -2.28. The minimum atomic E-state index is -1.62. The number of aliphatic hydroxyl groups is 1. The highest BCUT2D eigenvalue weighted by atomic mass is 19.1. The van der Waals surface area contributed by atoms with Gasteiger partial charge in [-0.3, -0.25) is 0 Å². The van der Waals surface area contributed by atoms with Gasteiger partial charge in [-0.15, -0.1) is 0 Å². The molecule has 0 aliphatic heterocycles. The summed E-state index contributed by atoms with van der Waals surface area (Å²) in [7, 11) is 0. The van der Waals surface area contributed by atoms with Crippen LogP contribution in [-0.2, 0) is 5.60 Å². The Balaban J connectivity index is 2.75. The third kappa shape index (κ3) is 3.75. The van der Waals surface area contributed by atoms with Crippen LogP contribution in [-0.4, -0.2) is 23.9 Å². The van der Waals surface area contributed by atoms with Gasteiger partial charge in [0.05, 0.1) is 0 Å². The van der Waals surface area contributed by atoms with Gasteiger partial charge in [0, 0.05) is 12.6 Å². The Labute approximate surface area is 101 Å². The van der Waals surface area contributed by atoms with Crippen LogP contribution in [0.1, 0.15) is 26.3 Å². The molecule has 0 radical (unpaired) electrons. The summed E-state index contributed by atoms with van der Waals surface area (Å²) in [5.41, 5.74) is -1.24. The normalized spacial score (nSPS) is 16.9. The summed E-state index contributed by atoms with van der Waals surface area (Å²) in [6.45, 7) is 5.26. The molecule has 0 aliphatic carbocycles. The number of rotatable bonds is 5. The van der Waals surface area contributed by atoms with Crippen molar-refractivity contribution in [3.63, 3.8) is 0 Å². The van der Waals surface area contributed by atoms with Crippen molar-refractivity contribution in [1.82, 2.24) is 5.32 Å². The second kappa shape index (κ2) is 5.56. The first-order valence-electron chi connectivity index (χ1n) is 5.70. The summed E-state index contributed by atoms with van der Waals surface area (Å²) in [6.07, 6.45) is -1.45. The number of hydrogen-bond acceptors (Lipinski definition) is 2. The highest BCUT2D eigenvalue weighted by Crippen LogP contribution is 2.26. The molecular weight excluding hydrogens is 224 g/mol. The zero-order valence-corrected chi connectivity index (χ0v) is 10.4. The van der Waals surface area contributed by atoms with Crippen LogP contribution in [0.4, 0.5) is 8.78 Å². The first-order valence-corrected chi connectivity index (χ1v) is 5.70. The molecule has 1 rings (SSSR count). The Morgan fingerprint density at radius 1 is 1.29 bits per heavy atom. The van der Waals surface area contributed by atoms with Crippen LogP contribution < -0.4 is 5.32 Å². The Bertz CT molecular complexity index is 349. The van der Waals surface area contributed by atoms with E-state index in [1.165, 1.54) is 31.2 Å². The van der Waals surface area contributed by atoms with E-state index in [9.17, 15) is 13.9 Å². The van der Waals surface area contributed by atoms with E-state index >= 15 is 0 Å². The molecule has 0 saturated heterocycles. The fourth-order valence-corrected chi connectivity index (χ4v) is 1.51. The maximum absolute atomic E-state index is 13.9. The fraction of sp³-hybridized carbons (Fsp3) is 0.538. The van der Waals surface area contributed by atoms with Crippen LogP contribution in [0.25, 0.3) is 0 Å². The molecule has 1 aromatic carbocycles. The number of halogens is 2. The minimum absolute atomic E-state index is 0.0576. The summed E-state index contributed by atoms with van der Waals surface area (Å²) in [4.78, 5) is 0. The molecule has 2 atom stereocenters. The Hall–Kier alpha value is -1.00. The number of alkyl halides is 1. The molecule has 0 saturated carbocycles. The van der Waals surface area contributed by atoms with E-state index in [1.807, 2.05) is 13.8 Å². The number of nitrogens with one attached hydrogen (secondary N) is 1. The second-order valence-electron chi connectivity index (χ2n) is 4.68. The van der Waals surface area contributed by atoms with E-state index in [2.05, 4.69) is 5.32 Å². The lowest BCUT2D eigenvalue weighted by molar-refractivity contribution is -0.0242. The van der Waals surface area contributed by atoms with Crippen LogP contribution >= 0.6 is 0 Å². The van der Waals surface area contributed by atoms with Crippen molar-refractivity contribution in [2.45, 2.75) is 38.6 Å². The van der Waals surface area contributed by atoms with Gasteiger partial charge in [0.25, 0.3) is 0 Å². The Morgan fingerprint density at radius 2 is 1.82 bits per heavy atom. The predicted molar refractivity (Wildman–Crippen MR) is 64.0 cm³/mol. The van der Waals surface area contributed by atoms with E-state index < -0.39 is 17.6 Å². The summed E-state index contributed by atoms with van der Waals surface area (Å²) in [5, 5.41) is 13.0. The highest BCUT2D eigenvalue weighted by Gasteiger charge is 2.33. The van der Waals surface area contributed by atoms with Gasteiger partial charge in [-0.05, 0) is 24.6 Å². The molecule has 2 nitrogen and oxygen atoms in total. The van der Waals surface area contributed by atoms with Crippen molar-refractivity contribution >= 4 is 0 Å². The summed E-state index contributed by atoms with van der Waals surface area (Å²) >= 11 is 0. The van der Waals surface area contributed by atoms with Gasteiger partial charge >= 0.3 is 0 Å². The van der Waals surface area contributed by atoms with Gasteiger partial charge in [-0.1, -0.05) is 26.0 Å². The SMILES string of the molecule is CC(C)NC[C@H](F)C(C)(O)c1ccc(F)cc1. The third-order valence-electron chi connectivity index (χ3n) is 2.74. The monoisotopic (exact) mass is 243 g/mol. The standard InChI is InChI=1S/C13H19F2NO/c1-9(2)16-8-12(15)13(3,17)10-4-6-11(14)7-5-10/h4-7,9,12,16-17H,8H2,1-3H3/t12-,13?/m0/s1. The average molecular weight is 243 g/mol. The molecule has 0 aliphatic rings. The van der Waals surface area contributed by atoms with Crippen molar-refractivity contribution < 1.29 is 13.9 Å². The molecule has 0 heterocycles. The van der Waals surface area contributed by atoms with Gasteiger partial charge in [-0.2, -0.15) is 0 Å². The van der Waals surface area contributed by atoms with Crippen molar-refractivity contribution in [1.29, 1.82) is 0 Å². The van der Waals surface area contributed by atoms with Crippen LogP contribution in [0.15, 0.2) is 24.3 Å². The molecule has 96 valence electrons. The van der Waals surface area contributed by atoms with Crippen LogP contribution in [0.5, 0.6) is 0 Å². The molecule has 4 heteroatoms. The summed E-state index contributed by atoms with van der Waals surface area (Å²) < 4.78 is 26.7. The molecular formula is C13H19F2NO. The Kier molecular flexibility index (Phi) is 4.60. The third-order valence-corrected chi connectivity index (χ3v) is 2.74. The van der Waals surface area contributed by atoms with Crippen molar-refractivity contribution in [3.8, 4) is 0 Å². The molecule has 0 amide bonds. The van der Waals surface area contributed by atoms with Gasteiger partial charge in [0.2, 0.25) is 0 Å². The lowest BCUT2D eigenvalue weighted by Crippen LogP contribution is -2.42. The first kappa shape index (κ1) is 14.1. The van der Waals surface area contributed by atoms with Gasteiger partial charge in [-0.25, -0.2) is 8.78 Å². The quantitative estimate of drug-likeness (QED) is 0.832. The van der Waals surface area contributed by atoms with Gasteiger partial charge in [0.15, 0.2) is 0 Å². The molecule has 0 spiro atoms. The minimum Gasteiger partial charge on any atom is -0.382 e. The topological polar surface area (TPSA) is 32.3 Å². The smallest absolute Gasteiger partial charge is 0.145 e. The van der Waals surface area contributed by atoms with E-state index in [-0.39, 0.29) is 12.6 Å². The average Bonchev–Trinajstić information content (AvgIpc) is 2.26. The molecule has 0 bridgehead atoms. The molecule has 1 aromatic rings. The molecule has 1 unspecified atom stereocenters. The molecule has 0 aromatic heterocycles. The maximum atomic E-state index is 13.9. The van der Waals surface area contributed by atoms with E-state index in [1.54, 1.807) is 0 Å². The van der Waals surface area contributed by atoms with Gasteiger partial charge in [0.1, 0.15) is 17.6 Å². The molecule has 17 heavy (non-hydrogen) atoms. The first-order chi connectivity index (χ1) is 7.84. The van der Waals surface area contributed by atoms with E-state index in [4.69, 9.17) is 0 Å². The highest BCUT2D eigenvalue weighted by molar-refractivity contribution is 5.23. The van der Waals surface area contributed by atoms with Crippen LogP contribution in [0.3, 0.4) is 0 Å². The molecule has 0 fully saturated rings. The Morgan fingerprint density at radius 3 is 2.29 bits per heavy atom. The second-order valence-corrected chi connectivity index (χ2v) is 4.68. The van der Waals surface area contributed by atoms with Crippen molar-refractivity contribution in [2.75, 3.05) is 6.54 Å². The number of hydrogen-bond donors (Lipinski definition) is 2. The zero-order chi connectivity index (χ0) is 13.1. The number of benzene rings is 1. The van der Waals surface area contributed by atoms with Crippen molar-refractivity contribution in [3.05, 3.63) is 35.6 Å². The van der Waals surface area contributed by atoms with Gasteiger partial charge < -0.3 is 10.4 Å². The fourth-order valence-electron chi connectivity index (χ4n) is 1.51. The van der Waals surface area contributed by atoms with E-state index in [0.29, 0.717) is 5.56 Å². The lowest BCUT2D eigenvalue weighted by atomic mass is 9.91. The summed E-state index contributed by atoms with van der Waals surface area (Å²) in [5.74, 6) is -0.403. The predicted octanol–water partition coefficient (Wildman–Crippen LogP) is 2.37.